The van der Waals surface area contributed by atoms with E-state index < -0.39 is 44.7 Å². The van der Waals surface area contributed by atoms with Gasteiger partial charge in [-0.25, -0.2) is 9.52 Å². The minimum Gasteiger partial charge on any atom is -0.309 e. The van der Waals surface area contributed by atoms with E-state index in [9.17, 15) is 26.4 Å². The van der Waals surface area contributed by atoms with Gasteiger partial charge in [0.25, 0.3) is 5.91 Å². The molecule has 2 aliphatic heterocycles. The molecule has 2 saturated heterocycles. The van der Waals surface area contributed by atoms with Crippen LogP contribution >= 0.6 is 0 Å². The van der Waals surface area contributed by atoms with Gasteiger partial charge in [-0.2, -0.15) is 21.9 Å². The first-order valence-corrected chi connectivity index (χ1v) is 8.34. The summed E-state index contributed by atoms with van der Waals surface area (Å²) in [6, 6.07) is -2.91. The first-order valence-electron chi connectivity index (χ1n) is 5.54. The van der Waals surface area contributed by atoms with Gasteiger partial charge in [0.1, 0.15) is 6.04 Å². The molecule has 2 heterocycles. The Bertz CT molecular complexity index is 671. The largest absolute Gasteiger partial charge is 0.418 e. The highest BCUT2D eigenvalue weighted by Gasteiger charge is 2.49. The lowest BCUT2D eigenvalue weighted by Crippen LogP contribution is -2.50. The van der Waals surface area contributed by atoms with Gasteiger partial charge in [0.2, 0.25) is 0 Å². The molecule has 2 fully saturated rings. The molecule has 2 bridgehead atoms. The Morgan fingerprint density at radius 2 is 1.86 bits per heavy atom. The Labute approximate surface area is 119 Å². The fraction of sp³-hybridized carbons (Fsp3) is 0.714. The summed E-state index contributed by atoms with van der Waals surface area (Å²) in [6.07, 6.45) is 0.171. The van der Waals surface area contributed by atoms with Gasteiger partial charge in [-0.15, -0.1) is 4.28 Å². The van der Waals surface area contributed by atoms with Gasteiger partial charge in [0, 0.05) is 6.54 Å². The molecule has 2 rings (SSSR count). The summed E-state index contributed by atoms with van der Waals surface area (Å²) in [4.78, 5) is 24.5. The molecule has 14 heteroatoms. The lowest BCUT2D eigenvalue weighted by atomic mass is 10.0. The standard InChI is InChI=1S/C7H11N3O9S2/c11-6(8-20(13,14)15)5-2-1-4-3-9(5)7(12)10(4)19-21(16,17)18/h4-5H,1-3H2,(H,8,11)(H,13,14,15)(H,16,17,18)/t4-,5?/m1/s1. The Hall–Kier alpha value is -1.48. The van der Waals surface area contributed by atoms with Crippen molar-refractivity contribution in [1.29, 1.82) is 0 Å². The zero-order chi connectivity index (χ0) is 16.0. The molecule has 0 spiro atoms. The first-order chi connectivity index (χ1) is 9.48. The van der Waals surface area contributed by atoms with Gasteiger partial charge in [-0.1, -0.05) is 0 Å². The van der Waals surface area contributed by atoms with E-state index in [1.807, 2.05) is 0 Å². The van der Waals surface area contributed by atoms with Gasteiger partial charge in [-0.3, -0.25) is 13.9 Å². The van der Waals surface area contributed by atoms with E-state index >= 15 is 0 Å². The molecule has 21 heavy (non-hydrogen) atoms. The summed E-state index contributed by atoms with van der Waals surface area (Å²) in [5, 5.41) is 0.413. The van der Waals surface area contributed by atoms with Crippen molar-refractivity contribution >= 4 is 32.6 Å². The van der Waals surface area contributed by atoms with Crippen molar-refractivity contribution in [2.75, 3.05) is 6.54 Å². The lowest BCUT2D eigenvalue weighted by Gasteiger charge is -2.28. The highest BCUT2D eigenvalue weighted by Crippen LogP contribution is 2.30. The molecule has 12 nitrogen and oxygen atoms in total. The molecule has 0 aromatic rings. The van der Waals surface area contributed by atoms with Gasteiger partial charge >= 0.3 is 26.7 Å². The topological polar surface area (TPSA) is 171 Å². The molecular formula is C7H11N3O9S2. The third-order valence-corrected chi connectivity index (χ3v) is 3.84. The minimum atomic E-state index is -4.90. The van der Waals surface area contributed by atoms with Crippen molar-refractivity contribution in [2.45, 2.75) is 24.9 Å². The third kappa shape index (κ3) is 3.59. The fourth-order valence-corrected chi connectivity index (χ4v) is 3.08. The van der Waals surface area contributed by atoms with E-state index in [2.05, 4.69) is 4.28 Å². The molecule has 3 amide bonds. The number of nitrogens with zero attached hydrogens (tertiary/aromatic N) is 2. The summed E-state index contributed by atoms with van der Waals surface area (Å²) in [5.74, 6) is -1.13. The third-order valence-electron chi connectivity index (χ3n) is 3.03. The molecule has 0 aromatic carbocycles. The van der Waals surface area contributed by atoms with Crippen molar-refractivity contribution in [1.82, 2.24) is 14.7 Å². The molecule has 0 aliphatic carbocycles. The van der Waals surface area contributed by atoms with E-state index in [0.717, 1.165) is 4.90 Å². The van der Waals surface area contributed by atoms with Gasteiger partial charge in [0.15, 0.2) is 0 Å². The second kappa shape index (κ2) is 5.06. The number of urea groups is 1. The van der Waals surface area contributed by atoms with Crippen LogP contribution in [-0.4, -0.2) is 66.5 Å². The number of carbonyl (C=O) groups is 2. The Morgan fingerprint density at radius 1 is 1.24 bits per heavy atom. The molecule has 0 radical (unpaired) electrons. The lowest BCUT2D eigenvalue weighted by molar-refractivity contribution is -0.124. The number of fused-ring (bicyclic) bond motifs is 2. The number of amides is 3. The zero-order valence-corrected chi connectivity index (χ0v) is 11.9. The predicted molar refractivity (Wildman–Crippen MR) is 63.1 cm³/mol. The van der Waals surface area contributed by atoms with Crippen LogP contribution in [0.25, 0.3) is 0 Å². The van der Waals surface area contributed by atoms with Crippen LogP contribution in [0.2, 0.25) is 0 Å². The number of hydroxylamine groups is 2. The maximum absolute atomic E-state index is 11.9. The van der Waals surface area contributed by atoms with Crippen molar-refractivity contribution in [3.05, 3.63) is 0 Å². The predicted octanol–water partition coefficient (Wildman–Crippen LogP) is -2.09. The number of carbonyl (C=O) groups excluding carboxylic acids is 2. The number of rotatable bonds is 4. The van der Waals surface area contributed by atoms with Crippen LogP contribution in [0.3, 0.4) is 0 Å². The second-order valence-electron chi connectivity index (χ2n) is 4.45. The van der Waals surface area contributed by atoms with Crippen LogP contribution < -0.4 is 4.72 Å². The normalized spacial score (nSPS) is 26.1. The first kappa shape index (κ1) is 15.9. The molecule has 0 aromatic heterocycles. The Balaban J connectivity index is 2.16. The average Bonchev–Trinajstić information content (AvgIpc) is 2.51. The zero-order valence-electron chi connectivity index (χ0n) is 10.2. The number of nitrogens with one attached hydrogen (secondary N) is 1. The Kier molecular flexibility index (Phi) is 3.83. The molecular weight excluding hydrogens is 334 g/mol. The molecule has 2 atom stereocenters. The summed E-state index contributed by atoms with van der Waals surface area (Å²) < 4.78 is 65.1. The maximum Gasteiger partial charge on any atom is 0.418 e. The summed E-state index contributed by atoms with van der Waals surface area (Å²) in [7, 11) is -9.67. The van der Waals surface area contributed by atoms with Crippen LogP contribution in [0, 0.1) is 0 Å². The van der Waals surface area contributed by atoms with E-state index in [4.69, 9.17) is 9.11 Å². The van der Waals surface area contributed by atoms with Gasteiger partial charge in [-0.05, 0) is 12.8 Å². The quantitative estimate of drug-likeness (QED) is 0.483. The van der Waals surface area contributed by atoms with Crippen molar-refractivity contribution in [3.8, 4) is 0 Å². The van der Waals surface area contributed by atoms with Crippen molar-refractivity contribution in [2.24, 2.45) is 0 Å². The highest BCUT2D eigenvalue weighted by atomic mass is 32.3. The molecule has 0 saturated carbocycles. The van der Waals surface area contributed by atoms with Crippen molar-refractivity contribution in [3.63, 3.8) is 0 Å². The minimum absolute atomic E-state index is 0.0308. The molecule has 1 unspecified atom stereocenters. The fourth-order valence-electron chi connectivity index (χ4n) is 2.30. The summed E-state index contributed by atoms with van der Waals surface area (Å²) >= 11 is 0. The number of hydrogen-bond acceptors (Lipinski definition) is 7. The number of piperidine rings is 1. The maximum atomic E-state index is 11.9. The monoisotopic (exact) mass is 345 g/mol. The van der Waals surface area contributed by atoms with Crippen LogP contribution in [0.4, 0.5) is 4.79 Å². The second-order valence-corrected chi connectivity index (χ2v) is 6.61. The average molecular weight is 345 g/mol. The van der Waals surface area contributed by atoms with Crippen LogP contribution in [0.1, 0.15) is 12.8 Å². The van der Waals surface area contributed by atoms with E-state index in [1.54, 1.807) is 0 Å². The summed E-state index contributed by atoms with van der Waals surface area (Å²) in [6.45, 7) is -0.0854. The van der Waals surface area contributed by atoms with Crippen LogP contribution in [0.15, 0.2) is 0 Å². The van der Waals surface area contributed by atoms with Crippen molar-refractivity contribution < 1.29 is 39.8 Å². The van der Waals surface area contributed by atoms with Gasteiger partial charge < -0.3 is 4.90 Å². The van der Waals surface area contributed by atoms with E-state index in [1.165, 1.54) is 4.72 Å². The molecule has 2 aliphatic rings. The van der Waals surface area contributed by atoms with E-state index in [0.29, 0.717) is 5.06 Å². The molecule has 3 N–H and O–H groups in total. The SMILES string of the molecule is O=C(NS(=O)(=O)O)C1CC[C@@H]2CN1C(=O)N2OS(=O)(=O)O. The smallest absolute Gasteiger partial charge is 0.309 e. The van der Waals surface area contributed by atoms with Gasteiger partial charge in [0.05, 0.1) is 6.04 Å². The highest BCUT2D eigenvalue weighted by molar-refractivity contribution is 7.84. The molecule has 120 valence electrons. The number of hydrogen-bond donors (Lipinski definition) is 3. The van der Waals surface area contributed by atoms with Crippen LogP contribution in [0.5, 0.6) is 0 Å². The summed E-state index contributed by atoms with van der Waals surface area (Å²) in [5.41, 5.74) is 0. The Morgan fingerprint density at radius 3 is 2.38 bits per heavy atom. The van der Waals surface area contributed by atoms with E-state index in [-0.39, 0.29) is 19.4 Å². The van der Waals surface area contributed by atoms with Crippen LogP contribution in [-0.2, 0) is 29.8 Å².